The molecule has 0 radical (unpaired) electrons. The topological polar surface area (TPSA) is 0 Å². The average Bonchev–Trinajstić information content (AvgIpc) is 2.05. The zero-order valence-electron chi connectivity index (χ0n) is 5.18. The normalized spacial score (nSPS) is 9.80. The molecule has 1 rings (SSSR count). The minimum atomic E-state index is 0.887. The van der Waals surface area contributed by atoms with Crippen LogP contribution in [0.15, 0.2) is 29.2 Å². The SMILES string of the molecule is ClSc1cccc(CBr)c1. The Labute approximate surface area is 77.6 Å². The van der Waals surface area contributed by atoms with Gasteiger partial charge in [0.2, 0.25) is 0 Å². The van der Waals surface area contributed by atoms with Crippen LogP contribution in [0.4, 0.5) is 0 Å². The molecular weight excluding hydrogens is 232 g/mol. The predicted octanol–water partition coefficient (Wildman–Crippen LogP) is 3.83. The molecule has 10 heavy (non-hydrogen) atoms. The van der Waals surface area contributed by atoms with Crippen molar-refractivity contribution < 1.29 is 0 Å². The Morgan fingerprint density at radius 1 is 1.50 bits per heavy atom. The van der Waals surface area contributed by atoms with Gasteiger partial charge < -0.3 is 0 Å². The van der Waals surface area contributed by atoms with Gasteiger partial charge in [0.25, 0.3) is 0 Å². The standard InChI is InChI=1S/C7H6BrClS/c8-5-6-2-1-3-7(4-6)10-9/h1-4H,5H2. The summed E-state index contributed by atoms with van der Waals surface area (Å²) in [7, 11) is 6.81. The quantitative estimate of drug-likeness (QED) is 0.705. The molecule has 0 amide bonds. The van der Waals surface area contributed by atoms with Gasteiger partial charge in [-0.15, -0.1) is 0 Å². The second kappa shape index (κ2) is 4.27. The van der Waals surface area contributed by atoms with Crippen molar-refractivity contribution in [2.75, 3.05) is 0 Å². The molecule has 0 spiro atoms. The zero-order chi connectivity index (χ0) is 7.40. The van der Waals surface area contributed by atoms with Gasteiger partial charge >= 0.3 is 0 Å². The molecule has 0 heterocycles. The van der Waals surface area contributed by atoms with Gasteiger partial charge in [0.1, 0.15) is 0 Å². The molecule has 0 nitrogen and oxygen atoms in total. The van der Waals surface area contributed by atoms with Crippen LogP contribution in [0.2, 0.25) is 0 Å². The summed E-state index contributed by atoms with van der Waals surface area (Å²) in [6.07, 6.45) is 0. The van der Waals surface area contributed by atoms with Gasteiger partial charge in [0.05, 0.1) is 0 Å². The highest BCUT2D eigenvalue weighted by molar-refractivity contribution is 9.08. The van der Waals surface area contributed by atoms with Gasteiger partial charge in [-0.3, -0.25) is 0 Å². The number of hydrogen-bond acceptors (Lipinski definition) is 1. The Bertz CT molecular complexity index is 195. The van der Waals surface area contributed by atoms with Crippen molar-refractivity contribution in [2.24, 2.45) is 0 Å². The summed E-state index contributed by atoms with van der Waals surface area (Å²) in [5.41, 5.74) is 1.26. The lowest BCUT2D eigenvalue weighted by molar-refractivity contribution is 1.35. The second-order valence-electron chi connectivity index (χ2n) is 1.86. The molecule has 0 saturated heterocycles. The van der Waals surface area contributed by atoms with Crippen LogP contribution in [0.5, 0.6) is 0 Å². The van der Waals surface area contributed by atoms with E-state index < -0.39 is 0 Å². The van der Waals surface area contributed by atoms with Crippen molar-refractivity contribution in [1.82, 2.24) is 0 Å². The first-order chi connectivity index (χ1) is 4.86. The summed E-state index contributed by atoms with van der Waals surface area (Å²) in [5.74, 6) is 0. The molecule has 0 saturated carbocycles. The maximum atomic E-state index is 5.56. The molecule has 0 aliphatic rings. The van der Waals surface area contributed by atoms with Crippen LogP contribution < -0.4 is 0 Å². The number of hydrogen-bond donors (Lipinski definition) is 0. The van der Waals surface area contributed by atoms with E-state index in [1.165, 1.54) is 16.5 Å². The Kier molecular flexibility index (Phi) is 3.60. The number of halogens is 2. The summed E-state index contributed by atoms with van der Waals surface area (Å²) < 4.78 is 0. The Morgan fingerprint density at radius 2 is 2.30 bits per heavy atom. The van der Waals surface area contributed by atoms with E-state index in [4.69, 9.17) is 10.7 Å². The summed E-state index contributed by atoms with van der Waals surface area (Å²) in [6.45, 7) is 0. The van der Waals surface area contributed by atoms with E-state index in [1.807, 2.05) is 12.1 Å². The first kappa shape index (κ1) is 8.44. The van der Waals surface area contributed by atoms with Crippen molar-refractivity contribution in [1.29, 1.82) is 0 Å². The number of benzene rings is 1. The zero-order valence-corrected chi connectivity index (χ0v) is 8.34. The molecule has 0 N–H and O–H groups in total. The third-order valence-corrected chi connectivity index (χ3v) is 2.76. The summed E-state index contributed by atoms with van der Waals surface area (Å²) in [5, 5.41) is 0.887. The molecule has 3 heteroatoms. The molecule has 0 bridgehead atoms. The van der Waals surface area contributed by atoms with E-state index in [-0.39, 0.29) is 0 Å². The van der Waals surface area contributed by atoms with Gasteiger partial charge in [-0.2, -0.15) is 0 Å². The minimum Gasteiger partial charge on any atom is -0.0876 e. The Hall–Kier alpha value is 0.340. The van der Waals surface area contributed by atoms with Crippen LogP contribution in [-0.4, -0.2) is 0 Å². The van der Waals surface area contributed by atoms with Gasteiger partial charge in [0.15, 0.2) is 0 Å². The molecule has 1 aromatic carbocycles. The van der Waals surface area contributed by atoms with E-state index in [1.54, 1.807) is 0 Å². The van der Waals surface area contributed by atoms with E-state index in [9.17, 15) is 0 Å². The second-order valence-corrected chi connectivity index (χ2v) is 3.51. The van der Waals surface area contributed by atoms with Gasteiger partial charge in [0, 0.05) is 10.2 Å². The largest absolute Gasteiger partial charge is 0.0876 e. The highest BCUT2D eigenvalue weighted by atomic mass is 79.9. The van der Waals surface area contributed by atoms with E-state index in [2.05, 4.69) is 28.1 Å². The van der Waals surface area contributed by atoms with Gasteiger partial charge in [-0.1, -0.05) is 28.1 Å². The van der Waals surface area contributed by atoms with Crippen LogP contribution in [0.1, 0.15) is 5.56 Å². The fraction of sp³-hybridized carbons (Fsp3) is 0.143. The summed E-state index contributed by atoms with van der Waals surface area (Å²) in [6, 6.07) is 8.11. The highest BCUT2D eigenvalue weighted by Gasteiger charge is 1.92. The molecule has 0 atom stereocenters. The third-order valence-electron chi connectivity index (χ3n) is 1.14. The Balaban J connectivity index is 2.87. The summed E-state index contributed by atoms with van der Waals surface area (Å²) >= 11 is 3.37. The Morgan fingerprint density at radius 3 is 2.90 bits per heavy atom. The van der Waals surface area contributed by atoms with Crippen LogP contribution in [0.3, 0.4) is 0 Å². The molecule has 0 fully saturated rings. The molecule has 0 unspecified atom stereocenters. The lowest BCUT2D eigenvalue weighted by atomic mass is 10.2. The van der Waals surface area contributed by atoms with E-state index in [0.717, 1.165) is 10.2 Å². The molecule has 1 aromatic rings. The monoisotopic (exact) mass is 236 g/mol. The summed E-state index contributed by atoms with van der Waals surface area (Å²) in [4.78, 5) is 1.10. The molecule has 0 aromatic heterocycles. The number of alkyl halides is 1. The van der Waals surface area contributed by atoms with Crippen LogP contribution >= 0.6 is 37.6 Å². The van der Waals surface area contributed by atoms with Gasteiger partial charge in [-0.05, 0) is 39.4 Å². The van der Waals surface area contributed by atoms with Crippen molar-refractivity contribution in [3.8, 4) is 0 Å². The first-order valence-electron chi connectivity index (χ1n) is 2.80. The first-order valence-corrected chi connectivity index (χ1v) is 5.56. The predicted molar refractivity (Wildman–Crippen MR) is 50.8 cm³/mol. The van der Waals surface area contributed by atoms with Crippen LogP contribution in [0.25, 0.3) is 0 Å². The van der Waals surface area contributed by atoms with Crippen molar-refractivity contribution in [3.63, 3.8) is 0 Å². The van der Waals surface area contributed by atoms with Crippen molar-refractivity contribution in [3.05, 3.63) is 29.8 Å². The van der Waals surface area contributed by atoms with Crippen molar-refractivity contribution in [2.45, 2.75) is 10.2 Å². The lowest BCUT2D eigenvalue weighted by Gasteiger charge is -1.96. The molecule has 54 valence electrons. The number of rotatable bonds is 2. The third kappa shape index (κ3) is 2.19. The maximum Gasteiger partial charge on any atom is 0.0283 e. The van der Waals surface area contributed by atoms with Crippen LogP contribution in [-0.2, 0) is 5.33 Å². The van der Waals surface area contributed by atoms with Crippen molar-refractivity contribution >= 4 is 37.6 Å². The van der Waals surface area contributed by atoms with E-state index >= 15 is 0 Å². The van der Waals surface area contributed by atoms with E-state index in [0.29, 0.717) is 0 Å². The smallest absolute Gasteiger partial charge is 0.0283 e. The average molecular weight is 238 g/mol. The molecule has 0 aliphatic carbocycles. The molecular formula is C7H6BrClS. The molecule has 0 aliphatic heterocycles. The minimum absolute atomic E-state index is 0.887. The van der Waals surface area contributed by atoms with Crippen LogP contribution in [0, 0.1) is 0 Å². The fourth-order valence-electron chi connectivity index (χ4n) is 0.677. The van der Waals surface area contributed by atoms with Gasteiger partial charge in [-0.25, -0.2) is 0 Å². The fourth-order valence-corrected chi connectivity index (χ4v) is 1.64. The maximum absolute atomic E-state index is 5.56. The highest BCUT2D eigenvalue weighted by Crippen LogP contribution is 2.23. The lowest BCUT2D eigenvalue weighted by Crippen LogP contribution is -1.75.